The quantitative estimate of drug-likeness (QED) is 0.412. The van der Waals surface area contributed by atoms with E-state index in [1.807, 2.05) is 48.2 Å². The van der Waals surface area contributed by atoms with E-state index in [-0.39, 0.29) is 5.91 Å². The minimum absolute atomic E-state index is 0.0380. The van der Waals surface area contributed by atoms with Gasteiger partial charge in [-0.3, -0.25) is 14.6 Å². The summed E-state index contributed by atoms with van der Waals surface area (Å²) in [6.07, 6.45) is 0. The number of amides is 1. The Morgan fingerprint density at radius 1 is 1.19 bits per heavy atom. The lowest BCUT2D eigenvalue weighted by Gasteiger charge is -2.29. The van der Waals surface area contributed by atoms with Gasteiger partial charge in [0.2, 0.25) is 5.91 Å². The van der Waals surface area contributed by atoms with Gasteiger partial charge in [-0.2, -0.15) is 0 Å². The van der Waals surface area contributed by atoms with Gasteiger partial charge in [-0.15, -0.1) is 11.8 Å². The Morgan fingerprint density at radius 2 is 1.94 bits per heavy atom. The number of nitrogens with zero attached hydrogens (tertiary/aromatic N) is 3. The predicted octanol–water partition coefficient (Wildman–Crippen LogP) is 5.37. The van der Waals surface area contributed by atoms with Gasteiger partial charge in [0.1, 0.15) is 0 Å². The van der Waals surface area contributed by atoms with Gasteiger partial charge >= 0.3 is 0 Å². The number of rotatable bonds is 7. The normalized spacial score (nSPS) is 14.8. The van der Waals surface area contributed by atoms with Crippen molar-refractivity contribution in [2.24, 2.45) is 0 Å². The molecule has 0 atom stereocenters. The third kappa shape index (κ3) is 5.72. The van der Waals surface area contributed by atoms with E-state index in [1.165, 1.54) is 23.1 Å². The highest BCUT2D eigenvalue weighted by molar-refractivity contribution is 8.00. The van der Waals surface area contributed by atoms with Crippen molar-refractivity contribution in [1.29, 1.82) is 0 Å². The van der Waals surface area contributed by atoms with Crippen molar-refractivity contribution in [3.8, 4) is 0 Å². The second-order valence-electron chi connectivity index (χ2n) is 7.26. The molecule has 1 aliphatic heterocycles. The van der Waals surface area contributed by atoms with E-state index in [9.17, 15) is 4.79 Å². The summed E-state index contributed by atoms with van der Waals surface area (Å²) < 4.78 is 6.47. The SMILES string of the molecule is Cc1c(Cl)ccc2sc(N(CCN3CCOCC3)C(=O)CSc3ccc(Cl)cc3)nc12. The zero-order valence-corrected chi connectivity index (χ0v) is 20.3. The Hall–Kier alpha value is -1.35. The molecule has 1 saturated heterocycles. The van der Waals surface area contributed by atoms with E-state index in [2.05, 4.69) is 4.90 Å². The number of thioether (sulfide) groups is 1. The number of fused-ring (bicyclic) bond motifs is 1. The molecule has 0 radical (unpaired) electrons. The number of aryl methyl sites for hydroxylation is 1. The summed E-state index contributed by atoms with van der Waals surface area (Å²) in [5.74, 6) is 0.372. The lowest BCUT2D eigenvalue weighted by atomic mass is 10.2. The fourth-order valence-electron chi connectivity index (χ4n) is 3.35. The highest BCUT2D eigenvalue weighted by Crippen LogP contribution is 2.34. The molecule has 2 heterocycles. The lowest BCUT2D eigenvalue weighted by molar-refractivity contribution is -0.116. The number of carbonyl (C=O) groups excluding carboxylic acids is 1. The highest BCUT2D eigenvalue weighted by Gasteiger charge is 2.22. The Balaban J connectivity index is 1.53. The Labute approximate surface area is 200 Å². The largest absolute Gasteiger partial charge is 0.379 e. The number of morpholine rings is 1. The maximum Gasteiger partial charge on any atom is 0.239 e. The molecule has 31 heavy (non-hydrogen) atoms. The smallest absolute Gasteiger partial charge is 0.239 e. The van der Waals surface area contributed by atoms with Crippen LogP contribution in [0.25, 0.3) is 10.2 Å². The van der Waals surface area contributed by atoms with Crippen molar-refractivity contribution in [1.82, 2.24) is 9.88 Å². The highest BCUT2D eigenvalue weighted by atomic mass is 35.5. The van der Waals surface area contributed by atoms with Crippen LogP contribution in [-0.2, 0) is 9.53 Å². The van der Waals surface area contributed by atoms with Crippen LogP contribution in [0.3, 0.4) is 0 Å². The summed E-state index contributed by atoms with van der Waals surface area (Å²) in [4.78, 5) is 23.2. The maximum absolute atomic E-state index is 13.3. The molecular weight excluding hydrogens is 473 g/mol. The molecule has 5 nitrogen and oxygen atoms in total. The standard InChI is InChI=1S/C22H23Cl2N3O2S2/c1-15-18(24)6-7-19-21(15)25-22(31-19)27(9-8-26-10-12-29-13-11-26)20(28)14-30-17-4-2-16(23)3-5-17/h2-7H,8-14H2,1H3. The number of hydrogen-bond donors (Lipinski definition) is 0. The molecule has 1 fully saturated rings. The van der Waals surface area contributed by atoms with Gasteiger partial charge < -0.3 is 4.74 Å². The van der Waals surface area contributed by atoms with Gasteiger partial charge in [0.25, 0.3) is 0 Å². The topological polar surface area (TPSA) is 45.7 Å². The summed E-state index contributed by atoms with van der Waals surface area (Å²) >= 11 is 15.3. The van der Waals surface area contributed by atoms with Gasteiger partial charge in [-0.1, -0.05) is 34.5 Å². The second-order valence-corrected chi connectivity index (χ2v) is 10.2. The van der Waals surface area contributed by atoms with Crippen molar-refractivity contribution in [2.75, 3.05) is 50.0 Å². The van der Waals surface area contributed by atoms with E-state index < -0.39 is 0 Å². The van der Waals surface area contributed by atoms with Crippen molar-refractivity contribution < 1.29 is 9.53 Å². The molecule has 9 heteroatoms. The molecule has 0 spiro atoms. The lowest BCUT2D eigenvalue weighted by Crippen LogP contribution is -2.43. The molecule has 3 aromatic rings. The maximum atomic E-state index is 13.3. The predicted molar refractivity (Wildman–Crippen MR) is 131 cm³/mol. The zero-order chi connectivity index (χ0) is 21.8. The number of anilines is 1. The molecule has 0 aliphatic carbocycles. The van der Waals surface area contributed by atoms with Gasteiger partial charge in [0.15, 0.2) is 5.13 Å². The molecule has 2 aromatic carbocycles. The van der Waals surface area contributed by atoms with Crippen molar-refractivity contribution in [2.45, 2.75) is 11.8 Å². The van der Waals surface area contributed by atoms with Crippen LogP contribution >= 0.6 is 46.3 Å². The third-order valence-electron chi connectivity index (χ3n) is 5.19. The first-order chi connectivity index (χ1) is 15.0. The average Bonchev–Trinajstić information content (AvgIpc) is 3.21. The first-order valence-electron chi connectivity index (χ1n) is 10.1. The van der Waals surface area contributed by atoms with Crippen molar-refractivity contribution >= 4 is 67.6 Å². The number of ether oxygens (including phenoxy) is 1. The molecule has 4 rings (SSSR count). The number of thiazole rings is 1. The van der Waals surface area contributed by atoms with E-state index in [4.69, 9.17) is 32.9 Å². The molecule has 1 aliphatic rings. The molecule has 1 aromatic heterocycles. The van der Waals surface area contributed by atoms with Crippen LogP contribution in [-0.4, -0.2) is 60.9 Å². The molecule has 1 amide bonds. The minimum Gasteiger partial charge on any atom is -0.379 e. The van der Waals surface area contributed by atoms with Crippen LogP contribution in [0.4, 0.5) is 5.13 Å². The summed E-state index contributed by atoms with van der Waals surface area (Å²) in [5, 5.41) is 2.09. The van der Waals surface area contributed by atoms with Gasteiger partial charge in [-0.25, -0.2) is 4.98 Å². The minimum atomic E-state index is 0.0380. The van der Waals surface area contributed by atoms with Gasteiger partial charge in [0.05, 0.1) is 29.2 Å². The molecule has 0 unspecified atom stereocenters. The molecular formula is C22H23Cl2N3O2S2. The number of aromatic nitrogens is 1. The zero-order valence-electron chi connectivity index (χ0n) is 17.1. The first kappa shape index (κ1) is 22.8. The Morgan fingerprint density at radius 3 is 2.68 bits per heavy atom. The number of hydrogen-bond acceptors (Lipinski definition) is 6. The fraction of sp³-hybridized carbons (Fsp3) is 0.364. The molecule has 0 saturated carbocycles. The number of carbonyl (C=O) groups is 1. The van der Waals surface area contributed by atoms with Gasteiger partial charge in [-0.05, 0) is 48.9 Å². The summed E-state index contributed by atoms with van der Waals surface area (Å²) in [5.41, 5.74) is 1.81. The molecule has 0 N–H and O–H groups in total. The fourth-order valence-corrected chi connectivity index (χ4v) is 5.47. The van der Waals surface area contributed by atoms with Crippen LogP contribution < -0.4 is 4.90 Å². The van der Waals surface area contributed by atoms with Crippen LogP contribution in [0, 0.1) is 6.92 Å². The third-order valence-corrected chi connectivity index (χ3v) is 7.89. The first-order valence-corrected chi connectivity index (χ1v) is 12.6. The number of benzene rings is 2. The molecule has 164 valence electrons. The Bertz CT molecular complexity index is 1050. The van der Waals surface area contributed by atoms with Crippen LogP contribution in [0.1, 0.15) is 5.56 Å². The van der Waals surface area contributed by atoms with Crippen LogP contribution in [0.5, 0.6) is 0 Å². The summed E-state index contributed by atoms with van der Waals surface area (Å²) in [6.45, 7) is 6.58. The summed E-state index contributed by atoms with van der Waals surface area (Å²) in [7, 11) is 0. The van der Waals surface area contributed by atoms with E-state index in [1.54, 1.807) is 0 Å². The molecule has 0 bridgehead atoms. The van der Waals surface area contributed by atoms with E-state index >= 15 is 0 Å². The summed E-state index contributed by atoms with van der Waals surface area (Å²) in [6, 6.07) is 11.4. The number of halogens is 2. The monoisotopic (exact) mass is 495 g/mol. The Kier molecular flexibility index (Phi) is 7.74. The van der Waals surface area contributed by atoms with E-state index in [0.717, 1.165) is 58.7 Å². The van der Waals surface area contributed by atoms with Crippen molar-refractivity contribution in [3.63, 3.8) is 0 Å². The second kappa shape index (κ2) is 10.5. The average molecular weight is 496 g/mol. The van der Waals surface area contributed by atoms with Crippen molar-refractivity contribution in [3.05, 3.63) is 52.0 Å². The van der Waals surface area contributed by atoms with E-state index in [0.29, 0.717) is 22.3 Å². The van der Waals surface area contributed by atoms with Crippen LogP contribution in [0.2, 0.25) is 10.0 Å². The van der Waals surface area contributed by atoms with Gasteiger partial charge in [0, 0.05) is 41.1 Å². The van der Waals surface area contributed by atoms with Crippen LogP contribution in [0.15, 0.2) is 41.3 Å².